The van der Waals surface area contributed by atoms with Crippen LogP contribution in [0, 0.1) is 27.7 Å². The molecule has 0 aromatic heterocycles. The van der Waals surface area contributed by atoms with E-state index >= 15 is 0 Å². The van der Waals surface area contributed by atoms with E-state index in [9.17, 15) is 9.59 Å². The van der Waals surface area contributed by atoms with Crippen LogP contribution in [0.4, 0.5) is 5.69 Å². The molecular formula is C37H60BrN3O2. The molecule has 1 amide bonds. The van der Waals surface area contributed by atoms with Crippen molar-refractivity contribution in [3.8, 4) is 0 Å². The van der Waals surface area contributed by atoms with Gasteiger partial charge in [-0.2, -0.15) is 0 Å². The molecule has 43 heavy (non-hydrogen) atoms. The summed E-state index contributed by atoms with van der Waals surface area (Å²) in [6, 6.07) is 12.4. The molecule has 5 nitrogen and oxygen atoms in total. The van der Waals surface area contributed by atoms with Gasteiger partial charge in [-0.1, -0.05) is 76.4 Å². The Hall–Kier alpha value is -2.02. The van der Waals surface area contributed by atoms with Crippen LogP contribution in [0.2, 0.25) is 0 Å². The fourth-order valence-electron chi connectivity index (χ4n) is 6.35. The van der Waals surface area contributed by atoms with Gasteiger partial charge in [0, 0.05) is 12.1 Å². The highest BCUT2D eigenvalue weighted by molar-refractivity contribution is 5.93. The van der Waals surface area contributed by atoms with Crippen molar-refractivity contribution in [2.75, 3.05) is 51.1 Å². The Morgan fingerprint density at radius 1 is 0.721 bits per heavy atom. The highest BCUT2D eigenvalue weighted by atomic mass is 79.9. The first-order valence-electron chi connectivity index (χ1n) is 16.6. The summed E-state index contributed by atoms with van der Waals surface area (Å²) in [5, 5.41) is 3.13. The van der Waals surface area contributed by atoms with Gasteiger partial charge in [-0.25, -0.2) is 0 Å². The number of para-hydroxylation sites is 1. The van der Waals surface area contributed by atoms with Gasteiger partial charge in [0.25, 0.3) is 0 Å². The molecular weight excluding hydrogens is 598 g/mol. The Balaban J connectivity index is 0.00000924. The van der Waals surface area contributed by atoms with E-state index in [4.69, 9.17) is 0 Å². The van der Waals surface area contributed by atoms with Crippen molar-refractivity contribution in [3.63, 3.8) is 0 Å². The predicted octanol–water partition coefficient (Wildman–Crippen LogP) is 4.97. The monoisotopic (exact) mass is 657 g/mol. The van der Waals surface area contributed by atoms with Crippen molar-refractivity contribution >= 4 is 17.4 Å². The number of carbonyl (C=O) groups is 2. The average Bonchev–Trinajstić information content (AvgIpc) is 2.95. The SMILES string of the molecule is CCCC[N+](CCC)(CCCCCCCN(CC)CC(=O)Nc1c(C)cccc1C)CC(=O)Cc1c(C)cccc1C.[Br-]. The molecule has 0 heterocycles. The van der Waals surface area contributed by atoms with Gasteiger partial charge in [0.05, 0.1) is 26.2 Å². The molecule has 0 saturated carbocycles. The number of hydrogen-bond donors (Lipinski definition) is 1. The number of Topliss-reactive ketones (excluding diaryl/α,β-unsaturated/α-hetero) is 1. The Bertz CT molecular complexity index is 1080. The van der Waals surface area contributed by atoms with Crippen LogP contribution in [-0.4, -0.2) is 66.9 Å². The number of carbonyl (C=O) groups excluding carboxylic acids is 2. The molecule has 2 aromatic carbocycles. The molecule has 2 aromatic rings. The molecule has 6 heteroatoms. The molecule has 1 atom stereocenters. The molecule has 0 aliphatic heterocycles. The molecule has 0 bridgehead atoms. The summed E-state index contributed by atoms with van der Waals surface area (Å²) >= 11 is 0. The van der Waals surface area contributed by atoms with Gasteiger partial charge in [-0.15, -0.1) is 0 Å². The topological polar surface area (TPSA) is 49.4 Å². The van der Waals surface area contributed by atoms with Crippen molar-refractivity contribution in [2.24, 2.45) is 0 Å². The van der Waals surface area contributed by atoms with Crippen molar-refractivity contribution in [3.05, 3.63) is 64.2 Å². The minimum atomic E-state index is 0. The highest BCUT2D eigenvalue weighted by Gasteiger charge is 2.29. The third-order valence-electron chi connectivity index (χ3n) is 8.88. The van der Waals surface area contributed by atoms with Crippen LogP contribution >= 0.6 is 0 Å². The van der Waals surface area contributed by atoms with E-state index in [-0.39, 0.29) is 22.9 Å². The van der Waals surface area contributed by atoms with Gasteiger partial charge in [0.15, 0.2) is 5.78 Å². The second kappa shape index (κ2) is 20.8. The van der Waals surface area contributed by atoms with Crippen molar-refractivity contribution in [2.45, 2.75) is 106 Å². The summed E-state index contributed by atoms with van der Waals surface area (Å²) < 4.78 is 0.952. The number of rotatable bonds is 21. The molecule has 0 aliphatic rings. The van der Waals surface area contributed by atoms with Gasteiger partial charge in [-0.05, 0) is 101 Å². The summed E-state index contributed by atoms with van der Waals surface area (Å²) in [7, 11) is 0. The van der Waals surface area contributed by atoms with Crippen LogP contribution in [-0.2, 0) is 16.0 Å². The number of amides is 1. The predicted molar refractivity (Wildman–Crippen MR) is 179 cm³/mol. The molecule has 2 rings (SSSR count). The van der Waals surface area contributed by atoms with Gasteiger partial charge in [0.1, 0.15) is 6.54 Å². The van der Waals surface area contributed by atoms with Gasteiger partial charge in [0.2, 0.25) is 5.91 Å². The van der Waals surface area contributed by atoms with E-state index in [0.29, 0.717) is 25.3 Å². The lowest BCUT2D eigenvalue weighted by Crippen LogP contribution is -3.00. The van der Waals surface area contributed by atoms with Crippen LogP contribution in [0.15, 0.2) is 36.4 Å². The lowest BCUT2D eigenvalue weighted by Gasteiger charge is -2.38. The molecule has 1 unspecified atom stereocenters. The molecule has 0 spiro atoms. The minimum absolute atomic E-state index is 0. The number of anilines is 1. The van der Waals surface area contributed by atoms with Gasteiger partial charge >= 0.3 is 0 Å². The van der Waals surface area contributed by atoms with Crippen LogP contribution < -0.4 is 22.3 Å². The first-order valence-corrected chi connectivity index (χ1v) is 16.6. The zero-order chi connectivity index (χ0) is 31.0. The summed E-state index contributed by atoms with van der Waals surface area (Å²) in [4.78, 5) is 28.4. The summed E-state index contributed by atoms with van der Waals surface area (Å²) in [5.41, 5.74) is 6.84. The Labute approximate surface area is 274 Å². The number of halogens is 1. The molecule has 1 N–H and O–H groups in total. The second-order valence-electron chi connectivity index (χ2n) is 12.6. The number of nitrogens with zero attached hydrogens (tertiary/aromatic N) is 2. The van der Waals surface area contributed by atoms with E-state index in [1.54, 1.807) is 0 Å². The number of nitrogens with one attached hydrogen (secondary N) is 1. The standard InChI is InChI=1S/C37H59N3O2.BrH/c1-8-11-25-40(24-9-2,29-34(41)27-35-30(4)19-17-20-31(35)5)26-16-14-12-13-15-23-39(10-3)28-36(42)38-37-32(6)21-18-22-33(37)7;/h17-22H,8-16,23-29H2,1-7H3;1H. The van der Waals surface area contributed by atoms with Gasteiger partial charge < -0.3 is 26.8 Å². The number of ketones is 1. The number of aryl methyl sites for hydroxylation is 4. The van der Waals surface area contributed by atoms with Crippen molar-refractivity contribution < 1.29 is 31.1 Å². The zero-order valence-electron chi connectivity index (χ0n) is 28.4. The average molecular weight is 659 g/mol. The van der Waals surface area contributed by atoms with Crippen LogP contribution in [0.3, 0.4) is 0 Å². The molecule has 0 aliphatic carbocycles. The second-order valence-corrected chi connectivity index (χ2v) is 12.6. The van der Waals surface area contributed by atoms with Crippen molar-refractivity contribution in [1.82, 2.24) is 4.90 Å². The number of likely N-dealkylation sites (N-methyl/N-ethyl adjacent to an activating group) is 1. The number of benzene rings is 2. The molecule has 0 radical (unpaired) electrons. The molecule has 0 saturated heterocycles. The van der Waals surface area contributed by atoms with E-state index in [1.165, 1.54) is 55.2 Å². The summed E-state index contributed by atoms with van der Waals surface area (Å²) in [6.07, 6.45) is 9.92. The maximum absolute atomic E-state index is 13.4. The third kappa shape index (κ3) is 13.7. The number of unbranched alkanes of at least 4 members (excludes halogenated alkanes) is 5. The largest absolute Gasteiger partial charge is 1.00 e. The van der Waals surface area contributed by atoms with E-state index in [2.05, 4.69) is 63.0 Å². The lowest BCUT2D eigenvalue weighted by atomic mass is 9.97. The number of quaternary nitrogens is 1. The summed E-state index contributed by atoms with van der Waals surface area (Å²) in [5.74, 6) is 0.455. The van der Waals surface area contributed by atoms with E-state index in [1.807, 2.05) is 32.0 Å². The first-order chi connectivity index (χ1) is 20.1. The molecule has 242 valence electrons. The Morgan fingerprint density at radius 3 is 1.86 bits per heavy atom. The highest BCUT2D eigenvalue weighted by Crippen LogP contribution is 2.20. The van der Waals surface area contributed by atoms with E-state index in [0.717, 1.165) is 66.9 Å². The fraction of sp³-hybridized carbons (Fsp3) is 0.622. The first kappa shape index (κ1) is 39.0. The van der Waals surface area contributed by atoms with Crippen molar-refractivity contribution in [1.29, 1.82) is 0 Å². The van der Waals surface area contributed by atoms with Crippen LogP contribution in [0.25, 0.3) is 0 Å². The van der Waals surface area contributed by atoms with Crippen LogP contribution in [0.5, 0.6) is 0 Å². The molecule has 0 fully saturated rings. The minimum Gasteiger partial charge on any atom is -1.00 e. The summed E-state index contributed by atoms with van der Waals surface area (Å²) in [6.45, 7) is 21.2. The maximum Gasteiger partial charge on any atom is 0.238 e. The normalized spacial score (nSPS) is 12.6. The smallest absolute Gasteiger partial charge is 0.238 e. The van der Waals surface area contributed by atoms with E-state index < -0.39 is 0 Å². The third-order valence-corrected chi connectivity index (χ3v) is 8.88. The quantitative estimate of drug-likeness (QED) is 0.152. The zero-order valence-corrected chi connectivity index (χ0v) is 30.0. The number of hydrogen-bond acceptors (Lipinski definition) is 3. The van der Waals surface area contributed by atoms with Crippen LogP contribution in [0.1, 0.15) is 100.0 Å². The lowest BCUT2D eigenvalue weighted by molar-refractivity contribution is -0.921. The van der Waals surface area contributed by atoms with Gasteiger partial charge in [-0.3, -0.25) is 14.5 Å². The Kier molecular flexibility index (Phi) is 18.9. The Morgan fingerprint density at radius 2 is 1.28 bits per heavy atom. The fourth-order valence-corrected chi connectivity index (χ4v) is 6.35. The maximum atomic E-state index is 13.4.